The van der Waals surface area contributed by atoms with Gasteiger partial charge in [0.1, 0.15) is 0 Å². The zero-order chi connectivity index (χ0) is 15.9. The predicted octanol–water partition coefficient (Wildman–Crippen LogP) is 1.71. The summed E-state index contributed by atoms with van der Waals surface area (Å²) in [5.41, 5.74) is 6.69. The molecule has 3 rings (SSSR count). The smallest absolute Gasteiger partial charge is 0.240 e. The normalized spacial score (nSPS) is 14.4. The number of hydrogen-bond donors (Lipinski definition) is 1. The zero-order valence-corrected chi connectivity index (χ0v) is 15.7. The molecule has 9 heteroatoms. The minimum Gasteiger partial charge on any atom is -0.379 e. The lowest BCUT2D eigenvalue weighted by atomic mass is 10.2. The van der Waals surface area contributed by atoms with Crippen LogP contribution in [0.4, 0.5) is 5.69 Å². The van der Waals surface area contributed by atoms with Crippen molar-refractivity contribution < 1.29 is 9.26 Å². The lowest BCUT2D eigenvalue weighted by molar-refractivity contribution is 0.0391. The van der Waals surface area contributed by atoms with Crippen LogP contribution in [0.2, 0.25) is 0 Å². The first kappa shape index (κ1) is 21.7. The highest BCUT2D eigenvalue weighted by atomic mass is 35.5. The van der Waals surface area contributed by atoms with Crippen LogP contribution >= 0.6 is 24.8 Å². The van der Waals surface area contributed by atoms with Crippen LogP contribution in [-0.4, -0.2) is 54.4 Å². The molecule has 0 bridgehead atoms. The van der Waals surface area contributed by atoms with Gasteiger partial charge in [0.05, 0.1) is 26.3 Å². The summed E-state index contributed by atoms with van der Waals surface area (Å²) in [7, 11) is 0. The highest BCUT2D eigenvalue weighted by Crippen LogP contribution is 2.16. The summed E-state index contributed by atoms with van der Waals surface area (Å²) < 4.78 is 10.5. The lowest BCUT2D eigenvalue weighted by Crippen LogP contribution is -2.41. The van der Waals surface area contributed by atoms with Crippen LogP contribution in [0, 0.1) is 0 Å². The number of rotatable bonds is 7. The van der Waals surface area contributed by atoms with Crippen LogP contribution in [0.25, 0.3) is 0 Å². The number of anilines is 1. The molecule has 7 nitrogen and oxygen atoms in total. The number of nitrogens with zero attached hydrogens (tertiary/aromatic N) is 4. The summed E-state index contributed by atoms with van der Waals surface area (Å²) in [5, 5.41) is 4.01. The number of aromatic nitrogens is 2. The van der Waals surface area contributed by atoms with Crippen molar-refractivity contribution in [2.45, 2.75) is 13.1 Å². The van der Waals surface area contributed by atoms with Crippen molar-refractivity contribution in [1.29, 1.82) is 0 Å². The topological polar surface area (TPSA) is 80.7 Å². The van der Waals surface area contributed by atoms with E-state index in [0.717, 1.165) is 45.1 Å². The predicted molar refractivity (Wildman–Crippen MR) is 101 cm³/mol. The number of hydrogen-bond acceptors (Lipinski definition) is 7. The van der Waals surface area contributed by atoms with E-state index in [9.17, 15) is 0 Å². The van der Waals surface area contributed by atoms with Gasteiger partial charge in [0, 0.05) is 31.9 Å². The number of para-hydroxylation sites is 1. The number of benzene rings is 1. The standard InChI is InChI=1S/C16H23N5O2.2ClH/c17-12-16-18-15(19-23-16)13-21(14-4-2-1-3-5-14)7-6-20-8-10-22-11-9-20;;/h1-5H,6-13,17H2;2*1H. The second kappa shape index (κ2) is 11.3. The summed E-state index contributed by atoms with van der Waals surface area (Å²) in [6, 6.07) is 10.3. The summed E-state index contributed by atoms with van der Waals surface area (Å²) >= 11 is 0. The molecule has 25 heavy (non-hydrogen) atoms. The van der Waals surface area contributed by atoms with Crippen LogP contribution in [0.1, 0.15) is 11.7 Å². The van der Waals surface area contributed by atoms with E-state index in [0.29, 0.717) is 18.3 Å². The molecule has 0 saturated carbocycles. The van der Waals surface area contributed by atoms with Crippen molar-refractivity contribution in [3.63, 3.8) is 0 Å². The molecule has 0 unspecified atom stereocenters. The van der Waals surface area contributed by atoms with E-state index in [4.69, 9.17) is 15.0 Å². The largest absolute Gasteiger partial charge is 0.379 e. The fourth-order valence-electron chi connectivity index (χ4n) is 2.63. The minimum atomic E-state index is 0. The summed E-state index contributed by atoms with van der Waals surface area (Å²) in [6.45, 7) is 6.37. The van der Waals surface area contributed by atoms with Crippen LogP contribution in [0.15, 0.2) is 34.9 Å². The van der Waals surface area contributed by atoms with Gasteiger partial charge in [0.15, 0.2) is 5.82 Å². The Labute approximate surface area is 160 Å². The maximum Gasteiger partial charge on any atom is 0.240 e. The molecule has 0 atom stereocenters. The quantitative estimate of drug-likeness (QED) is 0.771. The van der Waals surface area contributed by atoms with Gasteiger partial charge in [-0.15, -0.1) is 24.8 Å². The maximum absolute atomic E-state index is 5.53. The average Bonchev–Trinajstić information content (AvgIpc) is 3.08. The molecule has 0 aliphatic carbocycles. The second-order valence-electron chi connectivity index (χ2n) is 5.52. The Morgan fingerprint density at radius 1 is 1.12 bits per heavy atom. The molecule has 1 aromatic heterocycles. The molecule has 2 N–H and O–H groups in total. The molecular formula is C16H25Cl2N5O2. The molecule has 0 radical (unpaired) electrons. The third-order valence-electron chi connectivity index (χ3n) is 3.93. The molecule has 1 fully saturated rings. The van der Waals surface area contributed by atoms with Gasteiger partial charge in [-0.1, -0.05) is 23.4 Å². The molecule has 1 aliphatic heterocycles. The van der Waals surface area contributed by atoms with Crippen molar-refractivity contribution in [3.05, 3.63) is 42.0 Å². The van der Waals surface area contributed by atoms with Crippen LogP contribution in [0.5, 0.6) is 0 Å². The Morgan fingerprint density at radius 3 is 2.48 bits per heavy atom. The Morgan fingerprint density at radius 2 is 1.84 bits per heavy atom. The number of ether oxygens (including phenoxy) is 1. The molecule has 2 heterocycles. The van der Waals surface area contributed by atoms with E-state index in [1.807, 2.05) is 18.2 Å². The summed E-state index contributed by atoms with van der Waals surface area (Å²) in [4.78, 5) is 8.99. The fraction of sp³-hybridized carbons (Fsp3) is 0.500. The van der Waals surface area contributed by atoms with E-state index < -0.39 is 0 Å². The lowest BCUT2D eigenvalue weighted by Gasteiger charge is -2.30. The number of nitrogens with two attached hydrogens (primary N) is 1. The van der Waals surface area contributed by atoms with E-state index in [1.165, 1.54) is 0 Å². The van der Waals surface area contributed by atoms with Gasteiger partial charge in [-0.25, -0.2) is 0 Å². The first-order valence-corrected chi connectivity index (χ1v) is 7.97. The second-order valence-corrected chi connectivity index (χ2v) is 5.52. The van der Waals surface area contributed by atoms with E-state index in [1.54, 1.807) is 0 Å². The van der Waals surface area contributed by atoms with Gasteiger partial charge in [0.25, 0.3) is 0 Å². The SMILES string of the molecule is Cl.Cl.NCc1nc(CN(CCN2CCOCC2)c2ccccc2)no1. The molecule has 0 spiro atoms. The van der Waals surface area contributed by atoms with Crippen LogP contribution in [0.3, 0.4) is 0 Å². The highest BCUT2D eigenvalue weighted by molar-refractivity contribution is 5.85. The van der Waals surface area contributed by atoms with E-state index in [2.05, 4.69) is 32.1 Å². The Balaban J connectivity index is 0.00000156. The van der Waals surface area contributed by atoms with Gasteiger partial charge in [-0.2, -0.15) is 4.98 Å². The minimum absolute atomic E-state index is 0. The molecule has 0 amide bonds. The van der Waals surface area contributed by atoms with Crippen molar-refractivity contribution in [2.24, 2.45) is 5.73 Å². The van der Waals surface area contributed by atoms with Gasteiger partial charge >= 0.3 is 0 Å². The molecule has 1 saturated heterocycles. The number of morpholine rings is 1. The zero-order valence-electron chi connectivity index (χ0n) is 14.0. The maximum atomic E-state index is 5.53. The molecule has 1 aliphatic rings. The Kier molecular flexibility index (Phi) is 9.77. The first-order chi connectivity index (χ1) is 11.3. The number of halogens is 2. The molecular weight excluding hydrogens is 365 g/mol. The third kappa shape index (κ3) is 6.45. The summed E-state index contributed by atoms with van der Waals surface area (Å²) in [5.74, 6) is 1.14. The third-order valence-corrected chi connectivity index (χ3v) is 3.93. The first-order valence-electron chi connectivity index (χ1n) is 7.97. The van der Waals surface area contributed by atoms with Gasteiger partial charge in [-0.05, 0) is 12.1 Å². The van der Waals surface area contributed by atoms with Crippen LogP contribution < -0.4 is 10.6 Å². The van der Waals surface area contributed by atoms with Gasteiger partial charge in [0.2, 0.25) is 5.89 Å². The van der Waals surface area contributed by atoms with Crippen molar-refractivity contribution in [3.8, 4) is 0 Å². The van der Waals surface area contributed by atoms with Gasteiger partial charge in [-0.3, -0.25) is 4.90 Å². The fourth-order valence-corrected chi connectivity index (χ4v) is 2.63. The van der Waals surface area contributed by atoms with Gasteiger partial charge < -0.3 is 19.9 Å². The molecule has 1 aromatic carbocycles. The highest BCUT2D eigenvalue weighted by Gasteiger charge is 2.15. The molecule has 140 valence electrons. The summed E-state index contributed by atoms with van der Waals surface area (Å²) in [6.07, 6.45) is 0. The average molecular weight is 390 g/mol. The van der Waals surface area contributed by atoms with E-state index in [-0.39, 0.29) is 31.4 Å². The monoisotopic (exact) mass is 389 g/mol. The van der Waals surface area contributed by atoms with Crippen LogP contribution in [-0.2, 0) is 17.8 Å². The Bertz CT molecular complexity index is 593. The van der Waals surface area contributed by atoms with E-state index >= 15 is 0 Å². The Hall–Kier alpha value is -1.38. The van der Waals surface area contributed by atoms with Crippen molar-refractivity contribution in [2.75, 3.05) is 44.3 Å². The van der Waals surface area contributed by atoms with Crippen molar-refractivity contribution >= 4 is 30.5 Å². The van der Waals surface area contributed by atoms with Crippen molar-refractivity contribution in [1.82, 2.24) is 15.0 Å². The molecule has 2 aromatic rings.